The topological polar surface area (TPSA) is 46.4 Å². The van der Waals surface area contributed by atoms with Crippen LogP contribution in [0.3, 0.4) is 0 Å². The first-order valence-electron chi connectivity index (χ1n) is 8.14. The maximum absolute atomic E-state index is 12.4. The first-order valence-corrected chi connectivity index (χ1v) is 8.96. The van der Waals surface area contributed by atoms with Gasteiger partial charge < -0.3 is 5.32 Å². The molecule has 0 unspecified atom stereocenters. The van der Waals surface area contributed by atoms with Crippen molar-refractivity contribution in [1.82, 2.24) is 14.7 Å². The lowest BCUT2D eigenvalue weighted by Gasteiger charge is -2.22. The molecule has 2 heterocycles. The van der Waals surface area contributed by atoms with E-state index in [2.05, 4.69) is 22.4 Å². The van der Waals surface area contributed by atoms with Crippen molar-refractivity contribution >= 4 is 22.2 Å². The fourth-order valence-electron chi connectivity index (χ4n) is 3.15. The molecule has 4 rings (SSSR count). The highest BCUT2D eigenvalue weighted by Crippen LogP contribution is 2.28. The Kier molecular flexibility index (Phi) is 3.87. The molecule has 0 bridgehead atoms. The number of thiazole rings is 1. The van der Waals surface area contributed by atoms with Gasteiger partial charge in [-0.2, -0.15) is 0 Å². The Morgan fingerprint density at radius 3 is 2.65 bits per heavy atom. The molecule has 0 atom stereocenters. The van der Waals surface area contributed by atoms with E-state index >= 15 is 0 Å². The number of hydrogen-bond acceptors (Lipinski definition) is 3. The second kappa shape index (κ2) is 6.16. The molecule has 118 valence electrons. The molecule has 0 saturated heterocycles. The number of carbonyl (C=O) groups is 1. The Morgan fingerprint density at radius 1 is 1.13 bits per heavy atom. The maximum Gasteiger partial charge on any atom is 0.271 e. The third-order valence-corrected chi connectivity index (χ3v) is 5.43. The number of carbonyl (C=O) groups excluding carboxylic acids is 1. The summed E-state index contributed by atoms with van der Waals surface area (Å²) in [6, 6.07) is 10.6. The zero-order chi connectivity index (χ0) is 15.6. The Hall–Kier alpha value is -2.14. The Balaban J connectivity index is 1.53. The molecule has 1 N–H and O–H groups in total. The van der Waals surface area contributed by atoms with Crippen LogP contribution >= 0.6 is 11.3 Å². The fraction of sp³-hybridized carbons (Fsp3) is 0.333. The number of amides is 1. The largest absolute Gasteiger partial charge is 0.348 e. The molecule has 1 saturated carbocycles. The molecule has 23 heavy (non-hydrogen) atoms. The van der Waals surface area contributed by atoms with Crippen molar-refractivity contribution in [2.75, 3.05) is 0 Å². The van der Waals surface area contributed by atoms with E-state index in [9.17, 15) is 4.79 Å². The average Bonchev–Trinajstić information content (AvgIpc) is 3.15. The molecule has 1 aromatic carbocycles. The number of benzene rings is 1. The highest BCUT2D eigenvalue weighted by molar-refractivity contribution is 7.20. The predicted molar refractivity (Wildman–Crippen MR) is 92.8 cm³/mol. The lowest BCUT2D eigenvalue weighted by molar-refractivity contribution is 0.0923. The van der Waals surface area contributed by atoms with Crippen molar-refractivity contribution in [3.05, 3.63) is 48.4 Å². The molecule has 2 aromatic heterocycles. The third kappa shape index (κ3) is 3.01. The summed E-state index contributed by atoms with van der Waals surface area (Å²) in [6.07, 6.45) is 9.76. The van der Waals surface area contributed by atoms with Crippen molar-refractivity contribution < 1.29 is 4.79 Å². The molecule has 1 aliphatic carbocycles. The number of rotatable bonds is 3. The van der Waals surface area contributed by atoms with Gasteiger partial charge in [0.15, 0.2) is 4.96 Å². The Labute approximate surface area is 139 Å². The number of aromatic nitrogens is 2. The minimum Gasteiger partial charge on any atom is -0.348 e. The number of fused-ring (bicyclic) bond motifs is 1. The van der Waals surface area contributed by atoms with Crippen molar-refractivity contribution in [3.8, 4) is 10.4 Å². The third-order valence-electron chi connectivity index (χ3n) is 4.39. The number of nitrogens with zero attached hydrogens (tertiary/aromatic N) is 2. The molecule has 1 aliphatic rings. The molecule has 1 fully saturated rings. The highest BCUT2D eigenvalue weighted by atomic mass is 32.1. The zero-order valence-corrected chi connectivity index (χ0v) is 13.7. The Morgan fingerprint density at radius 2 is 1.91 bits per heavy atom. The van der Waals surface area contributed by atoms with Crippen molar-refractivity contribution in [2.45, 2.75) is 38.1 Å². The first-order chi connectivity index (χ1) is 11.3. The van der Waals surface area contributed by atoms with Crippen LogP contribution < -0.4 is 5.32 Å². The van der Waals surface area contributed by atoms with Gasteiger partial charge in [0.2, 0.25) is 0 Å². The summed E-state index contributed by atoms with van der Waals surface area (Å²) in [5.41, 5.74) is 1.69. The standard InChI is InChI=1S/C18H19N3OS/c22-17(19-14-9-5-2-6-10-14)15-11-21-12-16(23-18(21)20-15)13-7-3-1-4-8-13/h1,3-4,7-8,11-12,14H,2,5-6,9-10H2,(H,19,22). The van der Waals surface area contributed by atoms with Crippen LogP contribution in [0.5, 0.6) is 0 Å². The summed E-state index contributed by atoms with van der Waals surface area (Å²) in [5, 5.41) is 3.12. The van der Waals surface area contributed by atoms with Crippen LogP contribution in [0.25, 0.3) is 15.4 Å². The van der Waals surface area contributed by atoms with Crippen molar-refractivity contribution in [1.29, 1.82) is 0 Å². The van der Waals surface area contributed by atoms with E-state index in [0.29, 0.717) is 11.7 Å². The van der Waals surface area contributed by atoms with Gasteiger partial charge in [-0.15, -0.1) is 0 Å². The van der Waals surface area contributed by atoms with Crippen LogP contribution in [-0.2, 0) is 0 Å². The van der Waals surface area contributed by atoms with E-state index in [-0.39, 0.29) is 5.91 Å². The van der Waals surface area contributed by atoms with Crippen LogP contribution in [0.1, 0.15) is 42.6 Å². The van der Waals surface area contributed by atoms with Crippen LogP contribution in [0.4, 0.5) is 0 Å². The molecule has 5 heteroatoms. The minimum atomic E-state index is -0.0472. The quantitative estimate of drug-likeness (QED) is 0.787. The van der Waals surface area contributed by atoms with Crippen molar-refractivity contribution in [3.63, 3.8) is 0 Å². The van der Waals surface area contributed by atoms with Crippen LogP contribution in [0.2, 0.25) is 0 Å². The molecule has 0 radical (unpaired) electrons. The normalized spacial score (nSPS) is 15.8. The predicted octanol–water partition coefficient (Wildman–Crippen LogP) is 4.13. The van der Waals surface area contributed by atoms with E-state index in [1.54, 1.807) is 11.3 Å². The molecule has 1 amide bonds. The van der Waals surface area contributed by atoms with E-state index < -0.39 is 0 Å². The van der Waals surface area contributed by atoms with E-state index in [0.717, 1.165) is 22.7 Å². The molecule has 0 spiro atoms. The van der Waals surface area contributed by atoms with Gasteiger partial charge >= 0.3 is 0 Å². The highest BCUT2D eigenvalue weighted by Gasteiger charge is 2.19. The van der Waals surface area contributed by atoms with Gasteiger partial charge in [0.25, 0.3) is 5.91 Å². The summed E-state index contributed by atoms with van der Waals surface area (Å²) in [7, 11) is 0. The second-order valence-corrected chi connectivity index (χ2v) is 7.09. The fourth-order valence-corrected chi connectivity index (χ4v) is 4.12. The van der Waals surface area contributed by atoms with Crippen LogP contribution in [0, 0.1) is 0 Å². The molecular formula is C18H19N3OS. The van der Waals surface area contributed by atoms with E-state index in [1.165, 1.54) is 24.8 Å². The summed E-state index contributed by atoms with van der Waals surface area (Å²) in [6.45, 7) is 0. The SMILES string of the molecule is O=C(NC1CCCCC1)c1cn2cc(-c3ccccc3)sc2n1. The second-order valence-electron chi connectivity index (χ2n) is 6.09. The van der Waals surface area contributed by atoms with Gasteiger partial charge in [-0.1, -0.05) is 60.9 Å². The summed E-state index contributed by atoms with van der Waals surface area (Å²) in [5.74, 6) is -0.0472. The summed E-state index contributed by atoms with van der Waals surface area (Å²) < 4.78 is 1.95. The lowest BCUT2D eigenvalue weighted by atomic mass is 9.95. The van der Waals surface area contributed by atoms with Crippen LogP contribution in [-0.4, -0.2) is 21.3 Å². The average molecular weight is 325 g/mol. The smallest absolute Gasteiger partial charge is 0.271 e. The van der Waals surface area contributed by atoms with E-state index in [1.807, 2.05) is 35.0 Å². The number of nitrogens with one attached hydrogen (secondary N) is 1. The van der Waals surface area contributed by atoms with Crippen LogP contribution in [0.15, 0.2) is 42.7 Å². The summed E-state index contributed by atoms with van der Waals surface area (Å²) >= 11 is 1.61. The first kappa shape index (κ1) is 14.5. The lowest BCUT2D eigenvalue weighted by Crippen LogP contribution is -2.36. The van der Waals surface area contributed by atoms with Gasteiger partial charge in [0, 0.05) is 18.4 Å². The Bertz CT molecular complexity index is 784. The van der Waals surface area contributed by atoms with Gasteiger partial charge in [0.05, 0.1) is 4.88 Å². The molecule has 0 aliphatic heterocycles. The monoisotopic (exact) mass is 325 g/mol. The van der Waals surface area contributed by atoms with Gasteiger partial charge in [-0.3, -0.25) is 9.20 Å². The minimum absolute atomic E-state index is 0.0472. The molecule has 4 nitrogen and oxygen atoms in total. The number of hydrogen-bond donors (Lipinski definition) is 1. The number of imidazole rings is 1. The zero-order valence-electron chi connectivity index (χ0n) is 12.9. The molecule has 3 aromatic rings. The van der Waals surface area contributed by atoms with Gasteiger partial charge in [-0.05, 0) is 18.4 Å². The van der Waals surface area contributed by atoms with Gasteiger partial charge in [-0.25, -0.2) is 4.98 Å². The summed E-state index contributed by atoms with van der Waals surface area (Å²) in [4.78, 5) is 18.9. The van der Waals surface area contributed by atoms with Crippen molar-refractivity contribution in [2.24, 2.45) is 0 Å². The maximum atomic E-state index is 12.4. The molecular weight excluding hydrogens is 306 g/mol. The van der Waals surface area contributed by atoms with Gasteiger partial charge in [0.1, 0.15) is 5.69 Å². The van der Waals surface area contributed by atoms with E-state index in [4.69, 9.17) is 0 Å².